The Morgan fingerprint density at radius 2 is 1.15 bits per heavy atom. The van der Waals surface area contributed by atoms with Crippen molar-refractivity contribution in [3.05, 3.63) is 52.0 Å². The van der Waals surface area contributed by atoms with E-state index in [9.17, 15) is 10.0 Å². The van der Waals surface area contributed by atoms with Crippen LogP contribution >= 0.6 is 15.9 Å². The van der Waals surface area contributed by atoms with Gasteiger partial charge < -0.3 is 29.0 Å². The molecule has 2 aromatic carbocycles. The van der Waals surface area contributed by atoms with Crippen LogP contribution in [0.1, 0.15) is 103 Å². The van der Waals surface area contributed by atoms with Crippen LogP contribution in [0.4, 0.5) is 0 Å². The molecule has 2 saturated carbocycles. The fourth-order valence-corrected chi connectivity index (χ4v) is 6.35. The lowest BCUT2D eigenvalue weighted by atomic mass is 9.68. The maximum atomic E-state index is 9.43. The van der Waals surface area contributed by atoms with Gasteiger partial charge in [-0.2, -0.15) is 0 Å². The fourth-order valence-electron chi connectivity index (χ4n) is 5.99. The number of halogens is 1. The predicted octanol–water partition coefficient (Wildman–Crippen LogP) is 7.00. The Kier molecular flexibility index (Phi) is 13.3. The Morgan fingerprint density at radius 1 is 0.700 bits per heavy atom. The molecule has 0 spiro atoms. The summed E-state index contributed by atoms with van der Waals surface area (Å²) in [7, 11) is -1.45. The van der Waals surface area contributed by atoms with Crippen molar-refractivity contribution < 1.29 is 29.0 Å². The lowest BCUT2D eigenvalue weighted by Gasteiger charge is -2.35. The highest BCUT2D eigenvalue weighted by molar-refractivity contribution is 9.10. The highest BCUT2D eigenvalue weighted by Crippen LogP contribution is 2.44. The van der Waals surface area contributed by atoms with Crippen molar-refractivity contribution in [1.82, 2.24) is 0 Å². The van der Waals surface area contributed by atoms with Crippen molar-refractivity contribution in [3.8, 4) is 11.5 Å². The zero-order chi connectivity index (χ0) is 29.0. The van der Waals surface area contributed by atoms with Crippen LogP contribution in [0.3, 0.4) is 0 Å². The maximum absolute atomic E-state index is 9.43. The van der Waals surface area contributed by atoms with Gasteiger partial charge in [0.25, 0.3) is 0 Å². The van der Waals surface area contributed by atoms with Gasteiger partial charge in [-0.15, -0.1) is 0 Å². The Bertz CT molecular complexity index is 1030. The molecule has 0 aromatic heterocycles. The summed E-state index contributed by atoms with van der Waals surface area (Å²) >= 11 is 3.58. The average molecular weight is 619 g/mol. The molecule has 6 nitrogen and oxygen atoms in total. The molecule has 2 aliphatic rings. The summed E-state index contributed by atoms with van der Waals surface area (Å²) in [5.41, 5.74) is 3.17. The van der Waals surface area contributed by atoms with Crippen molar-refractivity contribution >= 4 is 28.5 Å². The van der Waals surface area contributed by atoms with Gasteiger partial charge in [0, 0.05) is 23.2 Å². The maximum Gasteiger partial charge on any atom is 0.488 e. The van der Waals surface area contributed by atoms with E-state index in [-0.39, 0.29) is 17.6 Å². The van der Waals surface area contributed by atoms with Crippen molar-refractivity contribution in [2.24, 2.45) is 0 Å². The van der Waals surface area contributed by atoms with Gasteiger partial charge in [0.15, 0.2) is 13.6 Å². The number of hydrogen-bond donors (Lipinski definition) is 2. The fraction of sp³-hybridized carbons (Fsp3) is 0.625. The predicted molar refractivity (Wildman–Crippen MR) is 166 cm³/mol. The molecule has 4 rings (SSSR count). The molecule has 222 valence electrons. The van der Waals surface area contributed by atoms with Crippen molar-refractivity contribution in [3.63, 3.8) is 0 Å². The van der Waals surface area contributed by atoms with Gasteiger partial charge in [-0.3, -0.25) is 0 Å². The molecule has 0 unspecified atom stereocenters. The molecule has 8 heteroatoms. The molecule has 0 aliphatic heterocycles. The SMILES string of the molecule is CCOCOc1ccc(B(O)O)cc1C1(C)CCCCC1.CCOCOc1ccc(Br)cc1C1(C)CCCCC1. The van der Waals surface area contributed by atoms with Crippen LogP contribution in [0.15, 0.2) is 40.9 Å². The van der Waals surface area contributed by atoms with Gasteiger partial charge in [-0.1, -0.05) is 80.4 Å². The molecule has 0 heterocycles. The first-order chi connectivity index (χ1) is 19.2. The molecule has 2 fully saturated rings. The van der Waals surface area contributed by atoms with E-state index in [1.807, 2.05) is 32.0 Å². The summed E-state index contributed by atoms with van der Waals surface area (Å²) in [5, 5.41) is 18.9. The minimum atomic E-state index is -1.45. The minimum Gasteiger partial charge on any atom is -0.467 e. The number of hydrogen-bond acceptors (Lipinski definition) is 6. The normalized spacial score (nSPS) is 17.9. The summed E-state index contributed by atoms with van der Waals surface area (Å²) in [6.07, 6.45) is 12.4. The molecule has 2 aliphatic carbocycles. The highest BCUT2D eigenvalue weighted by atomic mass is 79.9. The second-order valence-corrected chi connectivity index (χ2v) is 12.4. The largest absolute Gasteiger partial charge is 0.488 e. The monoisotopic (exact) mass is 618 g/mol. The molecule has 0 atom stereocenters. The number of ether oxygens (including phenoxy) is 4. The molecule has 0 radical (unpaired) electrons. The van der Waals surface area contributed by atoms with E-state index >= 15 is 0 Å². The van der Waals surface area contributed by atoms with E-state index in [0.717, 1.165) is 34.4 Å². The van der Waals surface area contributed by atoms with Crippen LogP contribution in [-0.2, 0) is 20.3 Å². The van der Waals surface area contributed by atoms with Gasteiger partial charge in [0.05, 0.1) is 0 Å². The van der Waals surface area contributed by atoms with Crippen LogP contribution in [0.25, 0.3) is 0 Å². The summed E-state index contributed by atoms with van der Waals surface area (Å²) in [6.45, 7) is 10.4. The van der Waals surface area contributed by atoms with Gasteiger partial charge >= 0.3 is 7.12 Å². The quantitative estimate of drug-likeness (QED) is 0.160. The Labute approximate surface area is 250 Å². The molecule has 0 saturated heterocycles. The summed E-state index contributed by atoms with van der Waals surface area (Å²) in [4.78, 5) is 0. The van der Waals surface area contributed by atoms with E-state index in [1.165, 1.54) is 56.9 Å². The molecular weight excluding hydrogens is 571 g/mol. The second kappa shape index (κ2) is 16.2. The first kappa shape index (κ1) is 32.9. The van der Waals surface area contributed by atoms with Gasteiger partial charge in [-0.05, 0) is 85.7 Å². The van der Waals surface area contributed by atoms with E-state index < -0.39 is 7.12 Å². The van der Waals surface area contributed by atoms with Gasteiger partial charge in [0.1, 0.15) is 11.5 Å². The number of rotatable bonds is 11. The van der Waals surface area contributed by atoms with E-state index in [2.05, 4.69) is 41.9 Å². The van der Waals surface area contributed by atoms with Crippen LogP contribution in [0.2, 0.25) is 0 Å². The Hall–Kier alpha value is -1.58. The van der Waals surface area contributed by atoms with Crippen molar-refractivity contribution in [1.29, 1.82) is 0 Å². The van der Waals surface area contributed by atoms with Gasteiger partial charge in [0.2, 0.25) is 0 Å². The van der Waals surface area contributed by atoms with Gasteiger partial charge in [-0.25, -0.2) is 0 Å². The lowest BCUT2D eigenvalue weighted by molar-refractivity contribution is 0.0207. The Morgan fingerprint density at radius 3 is 1.60 bits per heavy atom. The minimum absolute atomic E-state index is 0.0324. The summed E-state index contributed by atoms with van der Waals surface area (Å²) in [6, 6.07) is 11.7. The van der Waals surface area contributed by atoms with Crippen molar-refractivity contribution in [2.45, 2.75) is 103 Å². The van der Waals surface area contributed by atoms with Crippen LogP contribution in [0, 0.1) is 0 Å². The topological polar surface area (TPSA) is 77.4 Å². The van der Waals surface area contributed by atoms with Crippen LogP contribution in [0.5, 0.6) is 11.5 Å². The summed E-state index contributed by atoms with van der Waals surface area (Å²) < 4.78 is 23.3. The standard InChI is InChI=1S/C16H25BO4.C16H23BrO2/c1-3-20-12-21-15-8-7-13(17(18)19)11-14(15)16(2)9-5-4-6-10-16;1-3-18-12-19-15-8-7-13(17)11-14(15)16(2)9-5-4-6-10-16/h7-8,11,18-19H,3-6,9-10,12H2,1-2H3;7-8,11H,3-6,9-10,12H2,1-2H3. The molecule has 2 aromatic rings. The Balaban J connectivity index is 0.000000222. The zero-order valence-corrected chi connectivity index (χ0v) is 26.4. The van der Waals surface area contributed by atoms with Crippen LogP contribution < -0.4 is 14.9 Å². The van der Waals surface area contributed by atoms with E-state index in [0.29, 0.717) is 25.5 Å². The third-order valence-electron chi connectivity index (χ3n) is 8.46. The molecule has 2 N–H and O–H groups in total. The van der Waals surface area contributed by atoms with E-state index in [4.69, 9.17) is 18.9 Å². The zero-order valence-electron chi connectivity index (χ0n) is 24.8. The third kappa shape index (κ3) is 9.22. The molecular formula is C32H48BBrO6. The lowest BCUT2D eigenvalue weighted by Crippen LogP contribution is -2.33. The second-order valence-electron chi connectivity index (χ2n) is 11.5. The smallest absolute Gasteiger partial charge is 0.467 e. The average Bonchev–Trinajstić information content (AvgIpc) is 2.95. The van der Waals surface area contributed by atoms with Crippen molar-refractivity contribution in [2.75, 3.05) is 26.8 Å². The van der Waals surface area contributed by atoms with Crippen LogP contribution in [-0.4, -0.2) is 44.0 Å². The first-order valence-electron chi connectivity index (χ1n) is 14.9. The molecule has 0 amide bonds. The van der Waals surface area contributed by atoms with E-state index in [1.54, 1.807) is 6.07 Å². The highest BCUT2D eigenvalue weighted by Gasteiger charge is 2.33. The first-order valence-corrected chi connectivity index (χ1v) is 15.7. The number of benzene rings is 2. The molecule has 0 bridgehead atoms. The molecule has 40 heavy (non-hydrogen) atoms. The third-order valence-corrected chi connectivity index (χ3v) is 8.96. The summed E-state index contributed by atoms with van der Waals surface area (Å²) in [5.74, 6) is 1.76.